The average Bonchev–Trinajstić information content (AvgIpc) is 3.28. The second-order valence-corrected chi connectivity index (χ2v) is 7.37. The normalized spacial score (nSPS) is 23.0. The number of fused-ring (bicyclic) bond motifs is 1. The third kappa shape index (κ3) is 4.03. The molecule has 0 spiro atoms. The third-order valence-corrected chi connectivity index (χ3v) is 5.27. The molecular weight excluding hydrogens is 431 g/mol. The zero-order chi connectivity index (χ0) is 22.6. The van der Waals surface area contributed by atoms with E-state index in [1.165, 1.54) is 18.2 Å². The van der Waals surface area contributed by atoms with E-state index < -0.39 is 55.0 Å². The number of primary amides is 1. The lowest BCUT2D eigenvalue weighted by Crippen LogP contribution is -2.52. The fourth-order valence-electron chi connectivity index (χ4n) is 3.87. The molecular formula is C18H15F5N4O4. The highest BCUT2D eigenvalue weighted by Crippen LogP contribution is 2.40. The number of hydrogen-bond donors (Lipinski definition) is 1. The summed E-state index contributed by atoms with van der Waals surface area (Å²) in [6.45, 7) is -0.0339. The quantitative estimate of drug-likeness (QED) is 0.724. The van der Waals surface area contributed by atoms with Gasteiger partial charge in [-0.2, -0.15) is 18.2 Å². The van der Waals surface area contributed by atoms with Crippen LogP contribution in [0.25, 0.3) is 11.4 Å². The van der Waals surface area contributed by atoms with E-state index in [2.05, 4.69) is 14.7 Å². The topological polar surface area (TPSA) is 112 Å². The molecule has 4 rings (SSSR count). The summed E-state index contributed by atoms with van der Waals surface area (Å²) in [5.41, 5.74) is 5.69. The van der Waals surface area contributed by atoms with Crippen molar-refractivity contribution in [1.29, 1.82) is 0 Å². The van der Waals surface area contributed by atoms with Gasteiger partial charge in [0, 0.05) is 30.5 Å². The Morgan fingerprint density at radius 1 is 1.32 bits per heavy atom. The number of halogens is 5. The standard InChI is InChI=1S/C18H15F5N4O4/c19-17(20)4-3-12(30-16(24)29)11(6-17)27-7-9-2-1-8(5-10(9)14(27)28)13-25-15(31-26-13)18(21,22)23/h1-2,5,11-12H,3-4,6-7H2,(H2,24,29)/t11-,12-/m1/s1. The lowest BCUT2D eigenvalue weighted by molar-refractivity contribution is -0.159. The van der Waals surface area contributed by atoms with Crippen LogP contribution in [0.1, 0.15) is 41.1 Å². The Balaban J connectivity index is 1.61. The van der Waals surface area contributed by atoms with Gasteiger partial charge in [0.1, 0.15) is 6.10 Å². The van der Waals surface area contributed by atoms with Crippen LogP contribution in [0, 0.1) is 0 Å². The van der Waals surface area contributed by atoms with Crippen LogP contribution in [0.3, 0.4) is 0 Å². The van der Waals surface area contributed by atoms with Gasteiger partial charge in [-0.25, -0.2) is 13.6 Å². The van der Waals surface area contributed by atoms with Gasteiger partial charge in [0.05, 0.1) is 6.04 Å². The van der Waals surface area contributed by atoms with Crippen molar-refractivity contribution in [1.82, 2.24) is 15.0 Å². The zero-order valence-corrected chi connectivity index (χ0v) is 15.7. The highest BCUT2D eigenvalue weighted by Gasteiger charge is 2.48. The summed E-state index contributed by atoms with van der Waals surface area (Å²) in [7, 11) is 0. The molecule has 2 atom stereocenters. The first kappa shape index (κ1) is 21.0. The Morgan fingerprint density at radius 3 is 2.71 bits per heavy atom. The Kier molecular flexibility index (Phi) is 4.85. The maximum atomic E-state index is 14.0. The van der Waals surface area contributed by atoms with Gasteiger partial charge in [-0.3, -0.25) is 4.79 Å². The van der Waals surface area contributed by atoms with Crippen molar-refractivity contribution in [2.75, 3.05) is 0 Å². The van der Waals surface area contributed by atoms with Crippen LogP contribution in [-0.4, -0.2) is 45.1 Å². The third-order valence-electron chi connectivity index (χ3n) is 5.27. The number of aromatic nitrogens is 2. The second-order valence-electron chi connectivity index (χ2n) is 7.37. The van der Waals surface area contributed by atoms with Crippen molar-refractivity contribution in [3.05, 3.63) is 35.2 Å². The van der Waals surface area contributed by atoms with Crippen molar-refractivity contribution < 1.29 is 40.8 Å². The molecule has 166 valence electrons. The van der Waals surface area contributed by atoms with Gasteiger partial charge in [-0.1, -0.05) is 17.3 Å². The largest absolute Gasteiger partial charge is 0.471 e. The number of nitrogens with two attached hydrogens (primary N) is 1. The SMILES string of the molecule is NC(=O)O[C@@H]1CCC(F)(F)C[C@H]1N1Cc2ccc(-c3noc(C(F)(F)F)n3)cc2C1=O. The monoisotopic (exact) mass is 446 g/mol. The molecule has 2 amide bonds. The van der Waals surface area contributed by atoms with E-state index >= 15 is 0 Å². The fraction of sp³-hybridized carbons (Fsp3) is 0.444. The molecule has 1 aromatic carbocycles. The van der Waals surface area contributed by atoms with E-state index in [1.807, 2.05) is 0 Å². The lowest BCUT2D eigenvalue weighted by Gasteiger charge is -2.40. The maximum Gasteiger partial charge on any atom is 0.471 e. The summed E-state index contributed by atoms with van der Waals surface area (Å²) in [6, 6.07) is 3.03. The molecule has 0 radical (unpaired) electrons. The average molecular weight is 446 g/mol. The summed E-state index contributed by atoms with van der Waals surface area (Å²) in [5, 5.41) is 3.27. The molecule has 0 bridgehead atoms. The number of nitrogens with zero attached hydrogens (tertiary/aromatic N) is 3. The van der Waals surface area contributed by atoms with Gasteiger partial charge in [-0.15, -0.1) is 0 Å². The number of benzene rings is 1. The van der Waals surface area contributed by atoms with E-state index in [-0.39, 0.29) is 29.9 Å². The Hall–Kier alpha value is -3.25. The minimum atomic E-state index is -4.82. The molecule has 2 N–H and O–H groups in total. The van der Waals surface area contributed by atoms with Crippen LogP contribution in [0.15, 0.2) is 22.7 Å². The van der Waals surface area contributed by atoms with Gasteiger partial charge in [0.15, 0.2) is 0 Å². The number of rotatable bonds is 3. The van der Waals surface area contributed by atoms with E-state index in [0.29, 0.717) is 5.56 Å². The maximum absolute atomic E-state index is 14.0. The van der Waals surface area contributed by atoms with Crippen LogP contribution < -0.4 is 5.73 Å². The van der Waals surface area contributed by atoms with Crippen LogP contribution in [0.4, 0.5) is 26.7 Å². The molecule has 2 aliphatic rings. The number of ether oxygens (including phenoxy) is 1. The van der Waals surface area contributed by atoms with Crippen molar-refractivity contribution in [3.8, 4) is 11.4 Å². The number of alkyl halides is 5. The lowest BCUT2D eigenvalue weighted by atomic mass is 9.88. The zero-order valence-electron chi connectivity index (χ0n) is 15.7. The highest BCUT2D eigenvalue weighted by molar-refractivity contribution is 5.99. The molecule has 2 heterocycles. The van der Waals surface area contributed by atoms with Crippen molar-refractivity contribution in [2.45, 2.75) is 50.1 Å². The minimum absolute atomic E-state index is 0.0339. The van der Waals surface area contributed by atoms with Crippen LogP contribution in [0.5, 0.6) is 0 Å². The fourth-order valence-corrected chi connectivity index (χ4v) is 3.87. The van der Waals surface area contributed by atoms with Gasteiger partial charge in [0.2, 0.25) is 11.7 Å². The molecule has 1 aromatic heterocycles. The van der Waals surface area contributed by atoms with E-state index in [1.54, 1.807) is 0 Å². The van der Waals surface area contributed by atoms with E-state index in [4.69, 9.17) is 10.5 Å². The van der Waals surface area contributed by atoms with Crippen molar-refractivity contribution >= 4 is 12.0 Å². The molecule has 1 saturated carbocycles. The van der Waals surface area contributed by atoms with Crippen LogP contribution >= 0.6 is 0 Å². The first-order valence-corrected chi connectivity index (χ1v) is 9.14. The molecule has 1 aliphatic heterocycles. The van der Waals surface area contributed by atoms with E-state index in [0.717, 1.165) is 4.90 Å². The van der Waals surface area contributed by atoms with Gasteiger partial charge in [-0.05, 0) is 18.1 Å². The summed E-state index contributed by atoms with van der Waals surface area (Å²) in [6.07, 6.45) is -8.35. The first-order valence-electron chi connectivity index (χ1n) is 9.14. The summed E-state index contributed by atoms with van der Waals surface area (Å²) in [4.78, 5) is 28.6. The summed E-state index contributed by atoms with van der Waals surface area (Å²) < 4.78 is 75.3. The van der Waals surface area contributed by atoms with Crippen LogP contribution in [0.2, 0.25) is 0 Å². The predicted octanol–water partition coefficient (Wildman–Crippen LogP) is 3.36. The van der Waals surface area contributed by atoms with Gasteiger partial charge < -0.3 is 19.9 Å². The molecule has 8 nitrogen and oxygen atoms in total. The highest BCUT2D eigenvalue weighted by atomic mass is 19.4. The molecule has 2 aromatic rings. The number of amides is 2. The smallest absolute Gasteiger partial charge is 0.444 e. The first-order chi connectivity index (χ1) is 14.4. The Labute approximate surface area is 171 Å². The number of carbonyl (C=O) groups excluding carboxylic acids is 2. The number of carbonyl (C=O) groups is 2. The predicted molar refractivity (Wildman–Crippen MR) is 91.7 cm³/mol. The Morgan fingerprint density at radius 2 is 2.06 bits per heavy atom. The Bertz CT molecular complexity index is 1040. The van der Waals surface area contributed by atoms with Crippen molar-refractivity contribution in [3.63, 3.8) is 0 Å². The van der Waals surface area contributed by atoms with E-state index in [9.17, 15) is 31.5 Å². The van der Waals surface area contributed by atoms with Gasteiger partial charge in [0.25, 0.3) is 5.91 Å². The van der Waals surface area contributed by atoms with Crippen molar-refractivity contribution in [2.24, 2.45) is 5.73 Å². The summed E-state index contributed by atoms with van der Waals surface area (Å²) >= 11 is 0. The minimum Gasteiger partial charge on any atom is -0.444 e. The molecule has 0 saturated heterocycles. The molecule has 1 fully saturated rings. The van der Waals surface area contributed by atoms with Crippen LogP contribution in [-0.2, 0) is 17.5 Å². The molecule has 0 unspecified atom stereocenters. The molecule has 1 aliphatic carbocycles. The second kappa shape index (κ2) is 7.17. The number of hydrogen-bond acceptors (Lipinski definition) is 6. The summed E-state index contributed by atoms with van der Waals surface area (Å²) in [5.74, 6) is -5.59. The molecule has 31 heavy (non-hydrogen) atoms. The molecule has 13 heteroatoms. The van der Waals surface area contributed by atoms with Gasteiger partial charge >= 0.3 is 18.2 Å².